The summed E-state index contributed by atoms with van der Waals surface area (Å²) in [5.74, 6) is 0.900. The van der Waals surface area contributed by atoms with E-state index in [0.29, 0.717) is 17.5 Å². The summed E-state index contributed by atoms with van der Waals surface area (Å²) in [5, 5.41) is 0.138. The largest absolute Gasteiger partial charge is 0.347 e. The third-order valence-corrected chi connectivity index (χ3v) is 1.96. The average molecular weight is 237 g/mol. The molecule has 7 heteroatoms. The predicted molar refractivity (Wildman–Crippen MR) is 60.2 cm³/mol. The molecule has 0 saturated carbocycles. The fourth-order valence-corrected chi connectivity index (χ4v) is 1.22. The molecule has 0 radical (unpaired) electrons. The zero-order valence-corrected chi connectivity index (χ0v) is 9.55. The summed E-state index contributed by atoms with van der Waals surface area (Å²) >= 11 is 5.81. The van der Waals surface area contributed by atoms with Gasteiger partial charge in [0.25, 0.3) is 0 Å². The van der Waals surface area contributed by atoms with Crippen LogP contribution < -0.4 is 4.90 Å². The van der Waals surface area contributed by atoms with Gasteiger partial charge in [-0.1, -0.05) is 0 Å². The number of halogens is 1. The van der Waals surface area contributed by atoms with E-state index in [2.05, 4.69) is 24.9 Å². The molecule has 16 heavy (non-hydrogen) atoms. The Balaban J connectivity index is 2.50. The molecule has 2 heterocycles. The summed E-state index contributed by atoms with van der Waals surface area (Å²) in [7, 11) is 3.65. The maximum absolute atomic E-state index is 5.81. The zero-order valence-electron chi connectivity index (χ0n) is 8.79. The van der Waals surface area contributed by atoms with E-state index in [-0.39, 0.29) is 5.28 Å². The van der Waals surface area contributed by atoms with Gasteiger partial charge in [0.1, 0.15) is 5.69 Å². The van der Waals surface area contributed by atoms with E-state index in [4.69, 9.17) is 11.6 Å². The molecule has 0 aromatic carbocycles. The quantitative estimate of drug-likeness (QED) is 0.776. The van der Waals surface area contributed by atoms with Crippen molar-refractivity contribution in [1.29, 1.82) is 0 Å². The Bertz CT molecular complexity index is 487. The minimum Gasteiger partial charge on any atom is -0.347 e. The molecule has 0 atom stereocenters. The van der Waals surface area contributed by atoms with Gasteiger partial charge in [-0.2, -0.15) is 15.0 Å². The molecule has 0 aliphatic heterocycles. The molecule has 0 saturated heterocycles. The minimum atomic E-state index is 0.138. The molecule has 0 N–H and O–H groups in total. The number of hydrogen-bond acceptors (Lipinski definition) is 6. The summed E-state index contributed by atoms with van der Waals surface area (Å²) < 4.78 is 0. The molecule has 6 nitrogen and oxygen atoms in total. The van der Waals surface area contributed by atoms with Crippen molar-refractivity contribution in [3.8, 4) is 11.5 Å². The number of rotatable bonds is 2. The van der Waals surface area contributed by atoms with Crippen LogP contribution in [-0.2, 0) is 0 Å². The highest BCUT2D eigenvalue weighted by Crippen LogP contribution is 2.15. The van der Waals surface area contributed by atoms with Crippen LogP contribution in [0.5, 0.6) is 0 Å². The lowest BCUT2D eigenvalue weighted by Gasteiger charge is -2.10. The number of anilines is 1. The molecular weight excluding hydrogens is 228 g/mol. The van der Waals surface area contributed by atoms with Crippen LogP contribution in [0, 0.1) is 0 Å². The van der Waals surface area contributed by atoms with E-state index in [1.54, 1.807) is 23.5 Å². The molecule has 82 valence electrons. The highest BCUT2D eigenvalue weighted by molar-refractivity contribution is 6.28. The van der Waals surface area contributed by atoms with E-state index in [1.807, 2.05) is 14.1 Å². The molecule has 2 aromatic heterocycles. The van der Waals surface area contributed by atoms with Crippen LogP contribution in [0.4, 0.5) is 5.95 Å². The summed E-state index contributed by atoms with van der Waals surface area (Å²) in [6, 6.07) is 0. The van der Waals surface area contributed by atoms with Crippen LogP contribution in [0.1, 0.15) is 0 Å². The molecular formula is C9H9ClN6. The van der Waals surface area contributed by atoms with Gasteiger partial charge >= 0.3 is 0 Å². The second-order valence-electron chi connectivity index (χ2n) is 3.21. The van der Waals surface area contributed by atoms with Crippen molar-refractivity contribution in [3.05, 3.63) is 23.9 Å². The fourth-order valence-electron chi connectivity index (χ4n) is 1.07. The standard InChI is InChI=1S/C9H9ClN6/c1-16(2)9-14-7(13-8(10)15-9)6-5-11-3-4-12-6/h3-5H,1-2H3. The second-order valence-corrected chi connectivity index (χ2v) is 3.55. The Labute approximate surface area is 97.4 Å². The lowest BCUT2D eigenvalue weighted by Crippen LogP contribution is -2.14. The van der Waals surface area contributed by atoms with Gasteiger partial charge in [0.05, 0.1) is 6.20 Å². The van der Waals surface area contributed by atoms with Crippen molar-refractivity contribution < 1.29 is 0 Å². The van der Waals surface area contributed by atoms with Crippen LogP contribution >= 0.6 is 11.6 Å². The maximum atomic E-state index is 5.81. The van der Waals surface area contributed by atoms with Gasteiger partial charge in [-0.05, 0) is 11.6 Å². The number of aromatic nitrogens is 5. The molecule has 2 aromatic rings. The minimum absolute atomic E-state index is 0.138. The second kappa shape index (κ2) is 4.36. The lowest BCUT2D eigenvalue weighted by molar-refractivity contribution is 0.954. The Morgan fingerprint density at radius 1 is 1.12 bits per heavy atom. The van der Waals surface area contributed by atoms with Gasteiger partial charge in [0, 0.05) is 26.5 Å². The van der Waals surface area contributed by atoms with E-state index in [0.717, 1.165) is 0 Å². The highest BCUT2D eigenvalue weighted by Gasteiger charge is 2.09. The van der Waals surface area contributed by atoms with Crippen LogP contribution in [0.3, 0.4) is 0 Å². The van der Waals surface area contributed by atoms with Crippen molar-refractivity contribution in [3.63, 3.8) is 0 Å². The first-order valence-corrected chi connectivity index (χ1v) is 4.90. The molecule has 0 aliphatic carbocycles. The molecule has 0 spiro atoms. The van der Waals surface area contributed by atoms with Crippen molar-refractivity contribution in [2.75, 3.05) is 19.0 Å². The first-order chi connectivity index (χ1) is 7.66. The molecule has 0 unspecified atom stereocenters. The van der Waals surface area contributed by atoms with Crippen molar-refractivity contribution in [1.82, 2.24) is 24.9 Å². The normalized spacial score (nSPS) is 10.2. The van der Waals surface area contributed by atoms with Gasteiger partial charge in [-0.3, -0.25) is 4.98 Å². The highest BCUT2D eigenvalue weighted by atomic mass is 35.5. The number of nitrogens with zero attached hydrogens (tertiary/aromatic N) is 6. The van der Waals surface area contributed by atoms with Crippen LogP contribution in [0.2, 0.25) is 5.28 Å². The molecule has 0 aliphatic rings. The van der Waals surface area contributed by atoms with Gasteiger partial charge < -0.3 is 4.90 Å². The van der Waals surface area contributed by atoms with Crippen molar-refractivity contribution in [2.45, 2.75) is 0 Å². The SMILES string of the molecule is CN(C)c1nc(Cl)nc(-c2cnccn2)n1. The van der Waals surface area contributed by atoms with Crippen molar-refractivity contribution in [2.24, 2.45) is 0 Å². The summed E-state index contributed by atoms with van der Waals surface area (Å²) in [6.07, 6.45) is 4.73. The first-order valence-electron chi connectivity index (χ1n) is 4.52. The van der Waals surface area contributed by atoms with Crippen LogP contribution in [0.15, 0.2) is 18.6 Å². The smallest absolute Gasteiger partial charge is 0.229 e. The fraction of sp³-hybridized carbons (Fsp3) is 0.222. The predicted octanol–water partition coefficient (Wildman–Crippen LogP) is 1.05. The third-order valence-electron chi connectivity index (χ3n) is 1.79. The molecule has 0 bridgehead atoms. The summed E-state index contributed by atoms with van der Waals surface area (Å²) in [5.41, 5.74) is 0.565. The Morgan fingerprint density at radius 3 is 2.56 bits per heavy atom. The van der Waals surface area contributed by atoms with Gasteiger partial charge in [0.2, 0.25) is 11.2 Å². The van der Waals surface area contributed by atoms with E-state index in [9.17, 15) is 0 Å². The van der Waals surface area contributed by atoms with E-state index >= 15 is 0 Å². The first kappa shape index (κ1) is 10.7. The maximum Gasteiger partial charge on any atom is 0.229 e. The Morgan fingerprint density at radius 2 is 1.94 bits per heavy atom. The summed E-state index contributed by atoms with van der Waals surface area (Å²) in [6.45, 7) is 0. The Kier molecular flexibility index (Phi) is 2.91. The number of hydrogen-bond donors (Lipinski definition) is 0. The zero-order chi connectivity index (χ0) is 11.5. The summed E-state index contributed by atoms with van der Waals surface area (Å²) in [4.78, 5) is 22.0. The van der Waals surface area contributed by atoms with Crippen LogP contribution in [0.25, 0.3) is 11.5 Å². The lowest BCUT2D eigenvalue weighted by atomic mass is 10.4. The van der Waals surface area contributed by atoms with Crippen molar-refractivity contribution >= 4 is 17.5 Å². The van der Waals surface area contributed by atoms with E-state index in [1.165, 1.54) is 0 Å². The topological polar surface area (TPSA) is 67.7 Å². The Hall–Kier alpha value is -1.82. The average Bonchev–Trinajstić information content (AvgIpc) is 2.29. The van der Waals surface area contributed by atoms with Gasteiger partial charge in [-0.25, -0.2) is 4.98 Å². The molecule has 2 rings (SSSR count). The third kappa shape index (κ3) is 2.22. The monoisotopic (exact) mass is 236 g/mol. The van der Waals surface area contributed by atoms with Gasteiger partial charge in [0.15, 0.2) is 5.82 Å². The van der Waals surface area contributed by atoms with E-state index < -0.39 is 0 Å². The van der Waals surface area contributed by atoms with Crippen LogP contribution in [-0.4, -0.2) is 39.0 Å². The molecule has 0 fully saturated rings. The molecule has 0 amide bonds. The van der Waals surface area contributed by atoms with Gasteiger partial charge in [-0.15, -0.1) is 0 Å².